The lowest BCUT2D eigenvalue weighted by atomic mass is 9.99. The Kier molecular flexibility index (Phi) is 7.47. The topological polar surface area (TPSA) is 57.5 Å². The van der Waals surface area contributed by atoms with Gasteiger partial charge in [0.1, 0.15) is 0 Å². The van der Waals surface area contributed by atoms with Gasteiger partial charge in [-0.1, -0.05) is 0 Å². The number of hydrogen-bond donors (Lipinski definition) is 0. The molecule has 1 aromatic rings. The monoisotopic (exact) mass is 281 g/mol. The molecule has 5 heteroatoms. The molecule has 0 aromatic carbocycles. The second-order valence-corrected chi connectivity index (χ2v) is 4.52. The summed E-state index contributed by atoms with van der Waals surface area (Å²) in [5.41, 5.74) is 0. The Morgan fingerprint density at radius 3 is 2.35 bits per heavy atom. The number of aromatic nitrogens is 1. The summed E-state index contributed by atoms with van der Waals surface area (Å²) in [6, 6.07) is 3.92. The molecule has 0 amide bonds. The number of hydrogen-bond acceptors (Lipinski definition) is 4. The van der Waals surface area contributed by atoms with Crippen LogP contribution in [0, 0.1) is 5.92 Å². The average molecular weight is 281 g/mol. The van der Waals surface area contributed by atoms with Crippen LogP contribution >= 0.6 is 0 Å². The van der Waals surface area contributed by atoms with E-state index < -0.39 is 5.92 Å². The number of nitrogens with zero attached hydrogens (tertiary/aromatic N) is 1. The quantitative estimate of drug-likeness (QED) is 0.652. The molecule has 1 heterocycles. The number of esters is 2. The first-order valence-electron chi connectivity index (χ1n) is 7.10. The van der Waals surface area contributed by atoms with Crippen molar-refractivity contribution in [1.29, 1.82) is 0 Å². The maximum atomic E-state index is 11.8. The number of ether oxygens (including phenoxy) is 2. The maximum absolute atomic E-state index is 11.8. The average Bonchev–Trinajstić information content (AvgIpc) is 2.91. The van der Waals surface area contributed by atoms with Gasteiger partial charge in [0, 0.05) is 18.9 Å². The number of rotatable bonds is 9. The minimum atomic E-state index is -0.412. The highest BCUT2D eigenvalue weighted by molar-refractivity contribution is 5.79. The van der Waals surface area contributed by atoms with Gasteiger partial charge in [0.15, 0.2) is 0 Å². The molecule has 1 unspecified atom stereocenters. The van der Waals surface area contributed by atoms with E-state index >= 15 is 0 Å². The van der Waals surface area contributed by atoms with E-state index in [9.17, 15) is 9.59 Å². The van der Waals surface area contributed by atoms with Crippen molar-refractivity contribution in [2.45, 2.75) is 39.7 Å². The molecular formula is C15H23NO4. The molecule has 1 aromatic heterocycles. The van der Waals surface area contributed by atoms with Gasteiger partial charge in [0.05, 0.1) is 25.6 Å². The summed E-state index contributed by atoms with van der Waals surface area (Å²) in [4.78, 5) is 23.4. The predicted octanol–water partition coefficient (Wildman–Crippen LogP) is 2.40. The van der Waals surface area contributed by atoms with Crippen molar-refractivity contribution in [1.82, 2.24) is 4.57 Å². The molecule has 0 saturated heterocycles. The van der Waals surface area contributed by atoms with Crippen LogP contribution in [0.3, 0.4) is 0 Å². The summed E-state index contributed by atoms with van der Waals surface area (Å²) < 4.78 is 12.0. The van der Waals surface area contributed by atoms with Gasteiger partial charge in [0.2, 0.25) is 0 Å². The third-order valence-electron chi connectivity index (χ3n) is 2.97. The molecule has 0 N–H and O–H groups in total. The zero-order chi connectivity index (χ0) is 14.8. The van der Waals surface area contributed by atoms with Crippen LogP contribution < -0.4 is 0 Å². The van der Waals surface area contributed by atoms with Crippen LogP contribution in [0.25, 0.3) is 0 Å². The largest absolute Gasteiger partial charge is 0.466 e. The summed E-state index contributed by atoms with van der Waals surface area (Å²) in [5, 5.41) is 0. The highest BCUT2D eigenvalue weighted by Gasteiger charge is 2.23. The minimum Gasteiger partial charge on any atom is -0.466 e. The Bertz CT molecular complexity index is 400. The molecular weight excluding hydrogens is 258 g/mol. The second-order valence-electron chi connectivity index (χ2n) is 4.52. The molecule has 0 aliphatic rings. The Morgan fingerprint density at radius 1 is 1.10 bits per heavy atom. The van der Waals surface area contributed by atoms with E-state index in [4.69, 9.17) is 9.47 Å². The van der Waals surface area contributed by atoms with Crippen molar-refractivity contribution in [3.63, 3.8) is 0 Å². The van der Waals surface area contributed by atoms with Crippen LogP contribution in [-0.4, -0.2) is 29.7 Å². The summed E-state index contributed by atoms with van der Waals surface area (Å²) in [6.45, 7) is 5.00. The van der Waals surface area contributed by atoms with E-state index in [1.165, 1.54) is 0 Å². The Morgan fingerprint density at radius 2 is 1.75 bits per heavy atom. The van der Waals surface area contributed by atoms with E-state index in [2.05, 4.69) is 0 Å². The highest BCUT2D eigenvalue weighted by Crippen LogP contribution is 2.15. The van der Waals surface area contributed by atoms with Crippen molar-refractivity contribution in [2.24, 2.45) is 5.92 Å². The highest BCUT2D eigenvalue weighted by atomic mass is 16.5. The number of carbonyl (C=O) groups excluding carboxylic acids is 2. The third kappa shape index (κ3) is 5.91. The van der Waals surface area contributed by atoms with E-state index in [-0.39, 0.29) is 18.4 Å². The van der Waals surface area contributed by atoms with Crippen LogP contribution in [0.4, 0.5) is 0 Å². The number of carbonyl (C=O) groups is 2. The predicted molar refractivity (Wildman–Crippen MR) is 75.0 cm³/mol. The molecule has 0 saturated carbocycles. The number of aryl methyl sites for hydroxylation is 1. The van der Waals surface area contributed by atoms with Crippen molar-refractivity contribution in [3.8, 4) is 0 Å². The summed E-state index contributed by atoms with van der Waals surface area (Å²) in [6.07, 6.45) is 5.49. The van der Waals surface area contributed by atoms with Crippen LogP contribution in [-0.2, 0) is 25.6 Å². The molecule has 0 aliphatic heterocycles. The van der Waals surface area contributed by atoms with E-state index in [0.717, 1.165) is 13.0 Å². The van der Waals surface area contributed by atoms with Crippen molar-refractivity contribution in [2.75, 3.05) is 13.2 Å². The second kappa shape index (κ2) is 9.18. The first-order valence-corrected chi connectivity index (χ1v) is 7.10. The fourth-order valence-electron chi connectivity index (χ4n) is 2.02. The fraction of sp³-hybridized carbons (Fsp3) is 0.600. The molecule has 0 bridgehead atoms. The van der Waals surface area contributed by atoms with Gasteiger partial charge in [-0.05, 0) is 38.8 Å². The first-order chi connectivity index (χ1) is 9.67. The van der Waals surface area contributed by atoms with Crippen LogP contribution in [0.15, 0.2) is 24.5 Å². The van der Waals surface area contributed by atoms with Gasteiger partial charge in [-0.3, -0.25) is 9.59 Å². The summed E-state index contributed by atoms with van der Waals surface area (Å²) in [5.74, 6) is -1.07. The summed E-state index contributed by atoms with van der Waals surface area (Å²) in [7, 11) is 0. The zero-order valence-electron chi connectivity index (χ0n) is 12.2. The van der Waals surface area contributed by atoms with Gasteiger partial charge >= 0.3 is 11.9 Å². The Balaban J connectivity index is 2.44. The summed E-state index contributed by atoms with van der Waals surface area (Å²) >= 11 is 0. The van der Waals surface area contributed by atoms with E-state index in [1.807, 2.05) is 29.1 Å². The molecule has 112 valence electrons. The van der Waals surface area contributed by atoms with Crippen LogP contribution in [0.2, 0.25) is 0 Å². The third-order valence-corrected chi connectivity index (χ3v) is 2.97. The van der Waals surface area contributed by atoms with Gasteiger partial charge in [-0.2, -0.15) is 0 Å². The van der Waals surface area contributed by atoms with Gasteiger partial charge in [-0.15, -0.1) is 0 Å². The van der Waals surface area contributed by atoms with E-state index in [0.29, 0.717) is 19.6 Å². The van der Waals surface area contributed by atoms with Crippen LogP contribution in [0.1, 0.15) is 33.1 Å². The lowest BCUT2D eigenvalue weighted by molar-refractivity contribution is -0.155. The molecule has 1 rings (SSSR count). The molecule has 5 nitrogen and oxygen atoms in total. The molecule has 0 spiro atoms. The zero-order valence-corrected chi connectivity index (χ0v) is 12.2. The molecule has 0 radical (unpaired) electrons. The molecule has 0 fully saturated rings. The fourth-order valence-corrected chi connectivity index (χ4v) is 2.02. The van der Waals surface area contributed by atoms with Gasteiger partial charge < -0.3 is 14.0 Å². The lowest BCUT2D eigenvalue weighted by Crippen LogP contribution is -2.22. The van der Waals surface area contributed by atoms with Crippen molar-refractivity contribution < 1.29 is 19.1 Å². The van der Waals surface area contributed by atoms with Gasteiger partial charge in [0.25, 0.3) is 0 Å². The smallest absolute Gasteiger partial charge is 0.309 e. The molecule has 0 aliphatic carbocycles. The minimum absolute atomic E-state index is 0.0956. The van der Waals surface area contributed by atoms with Crippen molar-refractivity contribution >= 4 is 11.9 Å². The van der Waals surface area contributed by atoms with Crippen molar-refractivity contribution in [3.05, 3.63) is 24.5 Å². The molecule has 20 heavy (non-hydrogen) atoms. The Labute approximate surface area is 119 Å². The Hall–Kier alpha value is -1.78. The molecule has 1 atom stereocenters. The van der Waals surface area contributed by atoms with Crippen LogP contribution in [0.5, 0.6) is 0 Å². The normalized spacial score (nSPS) is 11.9. The first kappa shape index (κ1) is 16.3. The SMILES string of the molecule is CCOC(=O)CC(CCCn1cccc1)C(=O)OCC. The standard InChI is InChI=1S/C15H23NO4/c1-3-19-14(17)12-13(15(18)20-4-2)8-7-11-16-9-5-6-10-16/h5-6,9-10,13H,3-4,7-8,11-12H2,1-2H3. The van der Waals surface area contributed by atoms with E-state index in [1.54, 1.807) is 13.8 Å². The maximum Gasteiger partial charge on any atom is 0.309 e. The lowest BCUT2D eigenvalue weighted by Gasteiger charge is -2.15. The van der Waals surface area contributed by atoms with Gasteiger partial charge in [-0.25, -0.2) is 0 Å².